The molecule has 5 unspecified atom stereocenters. The Kier molecular flexibility index (Phi) is 12.6. The second kappa shape index (κ2) is 15.1. The van der Waals surface area contributed by atoms with Crippen molar-refractivity contribution in [2.75, 3.05) is 34.0 Å². The Morgan fingerprint density at radius 3 is 1.70 bits per heavy atom. The van der Waals surface area contributed by atoms with E-state index in [0.717, 1.165) is 11.1 Å². The summed E-state index contributed by atoms with van der Waals surface area (Å²) in [4.78, 5) is 0. The Morgan fingerprint density at radius 1 is 0.767 bits per heavy atom. The van der Waals surface area contributed by atoms with Gasteiger partial charge < -0.3 is 59.4 Å². The number of rotatable bonds is 9. The third-order valence-electron chi connectivity index (χ3n) is 8.64. The van der Waals surface area contributed by atoms with Crippen LogP contribution in [0, 0.1) is 17.8 Å². The molecule has 0 amide bonds. The van der Waals surface area contributed by atoms with E-state index in [1.54, 1.807) is 24.3 Å². The van der Waals surface area contributed by atoms with E-state index in [2.05, 4.69) is 0 Å². The molecule has 2 aliphatic heterocycles. The average Bonchev–Trinajstić information content (AvgIpc) is 3.60. The van der Waals surface area contributed by atoms with Crippen molar-refractivity contribution in [2.24, 2.45) is 17.8 Å². The van der Waals surface area contributed by atoms with Crippen LogP contribution in [0.4, 0.5) is 0 Å². The van der Waals surface area contributed by atoms with Gasteiger partial charge in [-0.3, -0.25) is 0 Å². The summed E-state index contributed by atoms with van der Waals surface area (Å²) in [7, 11) is 2.93. The number of methoxy groups -OCH3 is 2. The molecule has 3 fully saturated rings. The molecule has 2 saturated heterocycles. The van der Waals surface area contributed by atoms with E-state index in [1.807, 2.05) is 0 Å². The minimum absolute atomic E-state index is 0. The molecule has 1 radical (unpaired) electrons. The summed E-state index contributed by atoms with van der Waals surface area (Å²) >= 11 is 0. The van der Waals surface area contributed by atoms with Crippen LogP contribution < -0.4 is 14.2 Å². The maximum Gasteiger partial charge on any atom is 0.203 e. The molecule has 0 spiro atoms. The summed E-state index contributed by atoms with van der Waals surface area (Å²) in [5.41, 5.74) is 2.13. The van der Waals surface area contributed by atoms with Gasteiger partial charge in [-0.2, -0.15) is 0 Å². The van der Waals surface area contributed by atoms with Gasteiger partial charge in [-0.1, -0.05) is 7.43 Å². The van der Waals surface area contributed by atoms with E-state index in [4.69, 9.17) is 23.7 Å². The van der Waals surface area contributed by atoms with E-state index >= 15 is 0 Å². The smallest absolute Gasteiger partial charge is 0.203 e. The first-order valence-corrected chi connectivity index (χ1v) is 13.6. The molecule has 13 heteroatoms. The minimum Gasteiger partial charge on any atom is -0.507 e. The summed E-state index contributed by atoms with van der Waals surface area (Å²) in [6, 6.07) is 6.89. The number of fused-ring (bicyclic) bond motifs is 1. The molecule has 3 aliphatic rings. The Morgan fingerprint density at radius 2 is 1.26 bits per heavy atom. The maximum absolute atomic E-state index is 10.6. The van der Waals surface area contributed by atoms with E-state index in [9.17, 15) is 35.7 Å². The van der Waals surface area contributed by atoms with Crippen molar-refractivity contribution in [3.8, 4) is 23.0 Å². The van der Waals surface area contributed by atoms with Crippen LogP contribution in [0.15, 0.2) is 24.3 Å². The quantitative estimate of drug-likeness (QED) is 0.199. The van der Waals surface area contributed by atoms with Crippen molar-refractivity contribution in [3.05, 3.63) is 46.5 Å². The van der Waals surface area contributed by atoms with Crippen molar-refractivity contribution < 1.29 is 92.1 Å². The summed E-state index contributed by atoms with van der Waals surface area (Å²) < 4.78 is 29.8. The average molecular weight is 684 g/mol. The second-order valence-corrected chi connectivity index (χ2v) is 10.9. The van der Waals surface area contributed by atoms with Crippen LogP contribution in [0.2, 0.25) is 0 Å². The van der Waals surface area contributed by atoms with Gasteiger partial charge in [-0.25, -0.2) is 0 Å². The molecule has 2 aromatic rings. The zero-order chi connectivity index (χ0) is 29.4. The molecular formula is C30H42O12Y. The van der Waals surface area contributed by atoms with Gasteiger partial charge in [0, 0.05) is 68.2 Å². The third kappa shape index (κ3) is 6.69. The number of phenols is 1. The second-order valence-electron chi connectivity index (χ2n) is 10.9. The molecule has 12 nitrogen and oxygen atoms in total. The molecule has 0 bridgehead atoms. The normalized spacial score (nSPS) is 31.5. The summed E-state index contributed by atoms with van der Waals surface area (Å²) in [5.74, 6) is -0.0420. The first-order chi connectivity index (χ1) is 19.8. The van der Waals surface area contributed by atoms with Crippen molar-refractivity contribution in [2.45, 2.75) is 63.7 Å². The third-order valence-corrected chi connectivity index (χ3v) is 8.64. The van der Waals surface area contributed by atoms with E-state index in [1.165, 1.54) is 14.2 Å². The number of hydrogen-bond donors (Lipinski definition) is 7. The fraction of sp³-hybridized carbons (Fsp3) is 0.600. The van der Waals surface area contributed by atoms with E-state index in [-0.39, 0.29) is 102 Å². The Labute approximate surface area is 276 Å². The van der Waals surface area contributed by atoms with E-state index < -0.39 is 30.3 Å². The SMILES string of the molecule is C.COc1cc(C2OCC3C(c4cc(CO)c(O)c(CO)c4)OCC23)cc(OC)c1OC1C[C@H](CO)[C@@H](O)[C@H](O)[C@H]1O.[Y]. The topological polar surface area (TPSA) is 188 Å². The predicted molar refractivity (Wildman–Crippen MR) is 148 cm³/mol. The van der Waals surface area contributed by atoms with Gasteiger partial charge in [0.25, 0.3) is 0 Å². The fourth-order valence-corrected chi connectivity index (χ4v) is 6.34. The van der Waals surface area contributed by atoms with E-state index in [0.29, 0.717) is 35.8 Å². The summed E-state index contributed by atoms with van der Waals surface area (Å²) in [6.45, 7) is -0.347. The number of aliphatic hydroxyl groups excluding tert-OH is 6. The van der Waals surface area contributed by atoms with Crippen molar-refractivity contribution in [1.29, 1.82) is 0 Å². The Hall–Kier alpha value is -1.58. The fourth-order valence-electron chi connectivity index (χ4n) is 6.34. The van der Waals surface area contributed by atoms with Gasteiger partial charge >= 0.3 is 0 Å². The van der Waals surface area contributed by atoms with Gasteiger partial charge in [-0.05, 0) is 41.8 Å². The number of hydrogen-bond acceptors (Lipinski definition) is 12. The van der Waals surface area contributed by atoms with Crippen LogP contribution in [0.25, 0.3) is 0 Å². The van der Waals surface area contributed by atoms with Gasteiger partial charge in [-0.15, -0.1) is 0 Å². The van der Waals surface area contributed by atoms with Crippen LogP contribution in [0.5, 0.6) is 23.0 Å². The molecule has 0 aromatic heterocycles. The van der Waals surface area contributed by atoms with Crippen molar-refractivity contribution in [1.82, 2.24) is 0 Å². The standard InChI is InChI=1S/C29H38O12.CH4.Y/c1-37-21-5-14(6-22(38-2)29(21)41-20-7-17(10-32)24(34)26(36)25(20)35)28-19-12-39-27(18(19)11-40-28)13-3-15(8-30)23(33)16(4-13)9-31;;/h3-6,17-20,24-28,30-36H,7-12H2,1-2H3;1H4;/t17-,18?,19?,20?,24-,25+,26+,27?,28?;;/m1../s1. The number of aromatic hydroxyl groups is 1. The van der Waals surface area contributed by atoms with Crippen LogP contribution >= 0.6 is 0 Å². The van der Waals surface area contributed by atoms with Gasteiger partial charge in [0.1, 0.15) is 24.1 Å². The first-order valence-electron chi connectivity index (χ1n) is 13.6. The maximum atomic E-state index is 10.6. The molecule has 43 heavy (non-hydrogen) atoms. The minimum atomic E-state index is -1.49. The summed E-state index contributed by atoms with van der Waals surface area (Å²) in [6.07, 6.45) is -5.73. The number of ether oxygens (including phenoxy) is 5. The van der Waals surface area contributed by atoms with Crippen molar-refractivity contribution in [3.63, 3.8) is 0 Å². The number of benzene rings is 2. The molecule has 5 rings (SSSR count). The molecule has 2 aromatic carbocycles. The monoisotopic (exact) mass is 683 g/mol. The predicted octanol–water partition coefficient (Wildman–Crippen LogP) is 0.945. The summed E-state index contributed by atoms with van der Waals surface area (Å²) in [5, 5.41) is 70.2. The Bertz CT molecular complexity index is 1180. The molecule has 7 N–H and O–H groups in total. The zero-order valence-electron chi connectivity index (χ0n) is 23.5. The number of aliphatic hydroxyl groups is 6. The molecule has 237 valence electrons. The molecule has 9 atom stereocenters. The van der Waals surface area contributed by atoms with Crippen molar-refractivity contribution >= 4 is 0 Å². The zero-order valence-corrected chi connectivity index (χ0v) is 26.3. The van der Waals surface area contributed by atoms with Gasteiger partial charge in [0.15, 0.2) is 11.5 Å². The van der Waals surface area contributed by atoms with Crippen LogP contribution in [0.3, 0.4) is 0 Å². The van der Waals surface area contributed by atoms with Crippen LogP contribution in [-0.4, -0.2) is 94.2 Å². The van der Waals surface area contributed by atoms with Gasteiger partial charge in [0.05, 0.1) is 59.0 Å². The largest absolute Gasteiger partial charge is 0.507 e. The molecular weight excluding hydrogens is 641 g/mol. The molecule has 1 saturated carbocycles. The first kappa shape index (κ1) is 35.9. The molecule has 2 heterocycles. The van der Waals surface area contributed by atoms with Crippen LogP contribution in [0.1, 0.15) is 48.3 Å². The van der Waals surface area contributed by atoms with Gasteiger partial charge in [0.2, 0.25) is 5.75 Å². The van der Waals surface area contributed by atoms with Crippen LogP contribution in [-0.2, 0) is 55.4 Å². The molecule has 1 aliphatic carbocycles. The Balaban J connectivity index is 0.00000253.